The summed E-state index contributed by atoms with van der Waals surface area (Å²) in [4.78, 5) is 11.0. The van der Waals surface area contributed by atoms with E-state index in [4.69, 9.17) is 8.85 Å². The van der Waals surface area contributed by atoms with Gasteiger partial charge in [-0.05, 0) is 21.0 Å². The average molecular weight is 189 g/mol. The fraction of sp³-hybridized carbons (Fsp3) is 0.571. The van der Waals surface area contributed by atoms with Crippen molar-refractivity contribution in [2.75, 3.05) is 21.2 Å². The molecule has 0 saturated carbocycles. The van der Waals surface area contributed by atoms with Gasteiger partial charge in [0.15, 0.2) is 0 Å². The second-order valence-electron chi connectivity index (χ2n) is 2.69. The van der Waals surface area contributed by atoms with E-state index in [0.29, 0.717) is 5.57 Å². The maximum atomic E-state index is 11.0. The van der Waals surface area contributed by atoms with E-state index in [9.17, 15) is 4.79 Å². The SMILES string of the molecule is C=C(C)C(=O)O[SiH](OC)N(C)C. The third-order valence-corrected chi connectivity index (χ3v) is 2.84. The van der Waals surface area contributed by atoms with Crippen molar-refractivity contribution in [1.82, 2.24) is 4.57 Å². The molecule has 0 aliphatic heterocycles. The van der Waals surface area contributed by atoms with Gasteiger partial charge in [-0.1, -0.05) is 6.58 Å². The number of rotatable bonds is 4. The molecule has 0 aromatic rings. The maximum Gasteiger partial charge on any atom is 0.475 e. The Morgan fingerprint density at radius 3 is 2.25 bits per heavy atom. The summed E-state index contributed by atoms with van der Waals surface area (Å²) < 4.78 is 11.8. The van der Waals surface area contributed by atoms with Crippen molar-refractivity contribution < 1.29 is 13.6 Å². The molecule has 12 heavy (non-hydrogen) atoms. The third kappa shape index (κ3) is 3.66. The van der Waals surface area contributed by atoms with Crippen LogP contribution in [0.5, 0.6) is 0 Å². The van der Waals surface area contributed by atoms with Crippen LogP contribution in [0.25, 0.3) is 0 Å². The summed E-state index contributed by atoms with van der Waals surface area (Å²) in [5, 5.41) is 0. The summed E-state index contributed by atoms with van der Waals surface area (Å²) in [6.45, 7) is 5.09. The van der Waals surface area contributed by atoms with Gasteiger partial charge >= 0.3 is 15.4 Å². The Balaban J connectivity index is 4.03. The highest BCUT2D eigenvalue weighted by atomic mass is 28.3. The van der Waals surface area contributed by atoms with Crippen LogP contribution < -0.4 is 0 Å². The molecule has 0 N–H and O–H groups in total. The second-order valence-corrected chi connectivity index (χ2v) is 5.05. The predicted molar refractivity (Wildman–Crippen MR) is 48.8 cm³/mol. The standard InChI is InChI=1S/C7H15NO3Si/c1-6(2)7(9)11-12(10-5)8(3)4/h12H,1H2,2-5H3. The fourth-order valence-corrected chi connectivity index (χ4v) is 1.67. The molecule has 1 unspecified atom stereocenters. The van der Waals surface area contributed by atoms with E-state index in [1.165, 1.54) is 7.11 Å². The minimum absolute atomic E-state index is 0.387. The molecule has 0 heterocycles. The van der Waals surface area contributed by atoms with Crippen LogP contribution in [-0.2, 0) is 13.6 Å². The van der Waals surface area contributed by atoms with Gasteiger partial charge in [0, 0.05) is 12.7 Å². The number of hydrogen-bond donors (Lipinski definition) is 0. The highest BCUT2D eigenvalue weighted by Gasteiger charge is 2.20. The Morgan fingerprint density at radius 1 is 1.50 bits per heavy atom. The molecule has 0 radical (unpaired) electrons. The van der Waals surface area contributed by atoms with E-state index in [-0.39, 0.29) is 5.97 Å². The van der Waals surface area contributed by atoms with Crippen LogP contribution >= 0.6 is 0 Å². The van der Waals surface area contributed by atoms with Crippen molar-refractivity contribution in [3.05, 3.63) is 12.2 Å². The van der Waals surface area contributed by atoms with Gasteiger partial charge in [0.05, 0.1) is 0 Å². The topological polar surface area (TPSA) is 38.8 Å². The highest BCUT2D eigenvalue weighted by Crippen LogP contribution is 1.97. The van der Waals surface area contributed by atoms with Gasteiger partial charge in [0.1, 0.15) is 0 Å². The van der Waals surface area contributed by atoms with Crippen molar-refractivity contribution in [1.29, 1.82) is 0 Å². The molecule has 70 valence electrons. The first-order valence-corrected chi connectivity index (χ1v) is 5.00. The number of hydrogen-bond acceptors (Lipinski definition) is 4. The largest absolute Gasteiger partial charge is 0.481 e. The lowest BCUT2D eigenvalue weighted by atomic mass is 10.4. The van der Waals surface area contributed by atoms with E-state index in [0.717, 1.165) is 0 Å². The van der Waals surface area contributed by atoms with Crippen LogP contribution in [0.15, 0.2) is 12.2 Å². The molecule has 0 aromatic heterocycles. The lowest BCUT2D eigenvalue weighted by Crippen LogP contribution is -2.39. The normalized spacial score (nSPS) is 12.8. The van der Waals surface area contributed by atoms with Crippen LogP contribution in [0, 0.1) is 0 Å². The molecule has 0 amide bonds. The predicted octanol–water partition coefficient (Wildman–Crippen LogP) is 0.0309. The zero-order valence-electron chi connectivity index (χ0n) is 7.96. The van der Waals surface area contributed by atoms with Crippen LogP contribution in [0.1, 0.15) is 6.92 Å². The molecule has 4 nitrogen and oxygen atoms in total. The summed E-state index contributed by atoms with van der Waals surface area (Å²) in [6, 6.07) is 0. The Hall–Kier alpha value is -0.653. The van der Waals surface area contributed by atoms with Gasteiger partial charge in [-0.3, -0.25) is 4.57 Å². The molecule has 0 rings (SSSR count). The molecule has 1 atom stereocenters. The molecule has 0 aliphatic carbocycles. The molecule has 0 bridgehead atoms. The number of carbonyl (C=O) groups excluding carboxylic acids is 1. The molecule has 0 spiro atoms. The summed E-state index contributed by atoms with van der Waals surface area (Å²) >= 11 is 0. The lowest BCUT2D eigenvalue weighted by Gasteiger charge is -2.19. The van der Waals surface area contributed by atoms with Crippen LogP contribution in [0.2, 0.25) is 0 Å². The van der Waals surface area contributed by atoms with Crippen molar-refractivity contribution in [3.8, 4) is 0 Å². The molecular formula is C7H15NO3Si. The molecule has 5 heteroatoms. The smallest absolute Gasteiger partial charge is 0.475 e. The molecule has 0 saturated heterocycles. The van der Waals surface area contributed by atoms with Gasteiger partial charge in [0.25, 0.3) is 0 Å². The van der Waals surface area contributed by atoms with E-state index in [1.54, 1.807) is 11.5 Å². The van der Waals surface area contributed by atoms with E-state index >= 15 is 0 Å². The van der Waals surface area contributed by atoms with E-state index in [2.05, 4.69) is 6.58 Å². The Morgan fingerprint density at radius 2 is 2.00 bits per heavy atom. The fourth-order valence-electron chi connectivity index (χ4n) is 0.556. The van der Waals surface area contributed by atoms with Crippen LogP contribution in [-0.4, -0.2) is 41.2 Å². The average Bonchev–Trinajstić information content (AvgIpc) is 1.98. The lowest BCUT2D eigenvalue weighted by molar-refractivity contribution is -0.132. The summed E-state index contributed by atoms with van der Waals surface area (Å²) in [7, 11) is 3.18. The first-order chi connectivity index (χ1) is 5.49. The molecule has 0 aliphatic rings. The number of carbonyl (C=O) groups is 1. The Kier molecular flexibility index (Phi) is 4.80. The minimum atomic E-state index is -1.98. The first kappa shape index (κ1) is 11.3. The van der Waals surface area contributed by atoms with Gasteiger partial charge in [0.2, 0.25) is 0 Å². The van der Waals surface area contributed by atoms with Crippen molar-refractivity contribution >= 4 is 15.4 Å². The summed E-state index contributed by atoms with van der Waals surface area (Å²) in [5.41, 5.74) is 0.395. The Bertz CT molecular complexity index is 181. The van der Waals surface area contributed by atoms with Crippen molar-refractivity contribution in [3.63, 3.8) is 0 Å². The second kappa shape index (κ2) is 5.07. The minimum Gasteiger partial charge on any atom is -0.481 e. The Labute approximate surface area is 74.7 Å². The van der Waals surface area contributed by atoms with Gasteiger partial charge < -0.3 is 8.85 Å². The van der Waals surface area contributed by atoms with Gasteiger partial charge in [-0.2, -0.15) is 0 Å². The number of nitrogens with zero attached hydrogens (tertiary/aromatic N) is 1. The van der Waals surface area contributed by atoms with Crippen molar-refractivity contribution in [2.24, 2.45) is 0 Å². The molecule has 0 fully saturated rings. The summed E-state index contributed by atoms with van der Waals surface area (Å²) in [5.74, 6) is -0.387. The zero-order valence-corrected chi connectivity index (χ0v) is 9.11. The highest BCUT2D eigenvalue weighted by molar-refractivity contribution is 6.43. The molecular weight excluding hydrogens is 174 g/mol. The quantitative estimate of drug-likeness (QED) is 0.462. The van der Waals surface area contributed by atoms with E-state index < -0.39 is 9.45 Å². The maximum absolute atomic E-state index is 11.0. The zero-order chi connectivity index (χ0) is 9.72. The van der Waals surface area contributed by atoms with Crippen molar-refractivity contribution in [2.45, 2.75) is 6.92 Å². The monoisotopic (exact) mass is 189 g/mol. The third-order valence-electron chi connectivity index (χ3n) is 1.18. The van der Waals surface area contributed by atoms with Gasteiger partial charge in [-0.25, -0.2) is 4.79 Å². The molecule has 0 aromatic carbocycles. The summed E-state index contributed by atoms with van der Waals surface area (Å²) in [6.07, 6.45) is 0. The van der Waals surface area contributed by atoms with E-state index in [1.807, 2.05) is 14.1 Å². The van der Waals surface area contributed by atoms with Crippen LogP contribution in [0.3, 0.4) is 0 Å². The van der Waals surface area contributed by atoms with Crippen LogP contribution in [0.4, 0.5) is 0 Å². The van der Waals surface area contributed by atoms with Gasteiger partial charge in [-0.15, -0.1) is 0 Å². The first-order valence-electron chi connectivity index (χ1n) is 3.54.